The van der Waals surface area contributed by atoms with Crippen LogP contribution in [0.1, 0.15) is 97.3 Å². The van der Waals surface area contributed by atoms with E-state index in [2.05, 4.69) is 9.97 Å². The predicted octanol–water partition coefficient (Wildman–Crippen LogP) is 4.09. The Hall–Kier alpha value is -3.82. The first-order valence-electron chi connectivity index (χ1n) is 14.3. The molecule has 0 bridgehead atoms. The van der Waals surface area contributed by atoms with Crippen LogP contribution in [-0.4, -0.2) is 106 Å². The Labute approximate surface area is 239 Å². The van der Waals surface area contributed by atoms with Crippen LogP contribution in [-0.2, 0) is 0 Å². The van der Waals surface area contributed by atoms with E-state index < -0.39 is 0 Å². The molecule has 220 valence electrons. The van der Waals surface area contributed by atoms with E-state index in [-0.39, 0.29) is 23.6 Å². The number of carbonyl (C=O) groups is 4. The van der Waals surface area contributed by atoms with Gasteiger partial charge in [0.15, 0.2) is 0 Å². The molecule has 0 aliphatic rings. The van der Waals surface area contributed by atoms with Crippen LogP contribution in [0.5, 0.6) is 0 Å². The lowest BCUT2D eigenvalue weighted by Crippen LogP contribution is -2.33. The fraction of sp³-hybridized carbons (Fsp3) is 0.533. The van der Waals surface area contributed by atoms with Crippen molar-refractivity contribution in [3.63, 3.8) is 0 Å². The normalized spacial score (nSPS) is 10.2. The zero-order valence-electron chi connectivity index (χ0n) is 25.4. The summed E-state index contributed by atoms with van der Waals surface area (Å²) in [5.74, 6) is -0.540. The van der Waals surface area contributed by atoms with Crippen molar-refractivity contribution < 1.29 is 19.2 Å². The average molecular weight is 555 g/mol. The molecule has 0 aliphatic heterocycles. The number of pyridine rings is 2. The van der Waals surface area contributed by atoms with Crippen LogP contribution in [0.2, 0.25) is 0 Å². The van der Waals surface area contributed by atoms with Crippen LogP contribution in [0.25, 0.3) is 0 Å². The summed E-state index contributed by atoms with van der Waals surface area (Å²) in [5.41, 5.74) is 1.30. The van der Waals surface area contributed by atoms with Crippen LogP contribution >= 0.6 is 0 Å². The molecular formula is C30H46N6O4. The third-order valence-corrected chi connectivity index (χ3v) is 6.58. The zero-order valence-corrected chi connectivity index (χ0v) is 25.4. The molecule has 2 heterocycles. The van der Waals surface area contributed by atoms with Gasteiger partial charge in [-0.2, -0.15) is 0 Å². The highest BCUT2D eigenvalue weighted by atomic mass is 16.2. The smallest absolute Gasteiger partial charge is 0.272 e. The summed E-state index contributed by atoms with van der Waals surface area (Å²) in [4.78, 5) is 64.1. The number of hydrogen-bond donors (Lipinski definition) is 0. The zero-order chi connectivity index (χ0) is 30.2. The van der Waals surface area contributed by atoms with Gasteiger partial charge in [-0.1, -0.05) is 12.1 Å². The monoisotopic (exact) mass is 554 g/mol. The molecule has 0 unspecified atom stereocenters. The van der Waals surface area contributed by atoms with Crippen LogP contribution in [0.15, 0.2) is 36.4 Å². The van der Waals surface area contributed by atoms with Crippen molar-refractivity contribution in [2.75, 3.05) is 52.4 Å². The highest BCUT2D eigenvalue weighted by Gasteiger charge is 2.20. The van der Waals surface area contributed by atoms with E-state index >= 15 is 0 Å². The molecule has 0 saturated carbocycles. The summed E-state index contributed by atoms with van der Waals surface area (Å²) in [7, 11) is 0. The predicted molar refractivity (Wildman–Crippen MR) is 157 cm³/mol. The summed E-state index contributed by atoms with van der Waals surface area (Å²) < 4.78 is 0. The van der Waals surface area contributed by atoms with Gasteiger partial charge in [0.05, 0.1) is 0 Å². The summed E-state index contributed by atoms with van der Waals surface area (Å²) in [5, 5.41) is 0. The van der Waals surface area contributed by atoms with E-state index in [1.54, 1.807) is 56.0 Å². The second kappa shape index (κ2) is 17.7. The molecule has 0 fully saturated rings. The molecule has 4 amide bonds. The SMILES string of the molecule is CCN(CC)C(=O)c1cccc(C(=O)N(CC)CC)n1.CCN(CC)C(=O)c1cccc(C(=O)N(CC)CC)n1. The van der Waals surface area contributed by atoms with Gasteiger partial charge in [-0.3, -0.25) is 19.2 Å². The summed E-state index contributed by atoms with van der Waals surface area (Å²) in [6.07, 6.45) is 0. The Morgan fingerprint density at radius 3 is 0.750 bits per heavy atom. The summed E-state index contributed by atoms with van der Waals surface area (Å²) in [6.45, 7) is 20.4. The number of amides is 4. The molecule has 0 spiro atoms. The topological polar surface area (TPSA) is 107 Å². The molecule has 2 aromatic heterocycles. The molecule has 10 nitrogen and oxygen atoms in total. The first-order valence-corrected chi connectivity index (χ1v) is 14.3. The molecule has 0 saturated heterocycles. The van der Waals surface area contributed by atoms with E-state index in [0.717, 1.165) is 0 Å². The Morgan fingerprint density at radius 1 is 0.425 bits per heavy atom. The maximum atomic E-state index is 12.2. The van der Waals surface area contributed by atoms with Crippen molar-refractivity contribution >= 4 is 23.6 Å². The van der Waals surface area contributed by atoms with Gasteiger partial charge in [0.1, 0.15) is 22.8 Å². The standard InChI is InChI=1S/2C15H23N3O2/c2*1-5-17(6-2)14(19)12-10-9-11-13(16-12)15(20)18(7-3)8-4/h2*9-11H,5-8H2,1-4H3. The van der Waals surface area contributed by atoms with Gasteiger partial charge < -0.3 is 19.6 Å². The average Bonchev–Trinajstić information content (AvgIpc) is 2.99. The fourth-order valence-corrected chi connectivity index (χ4v) is 4.04. The van der Waals surface area contributed by atoms with E-state index in [9.17, 15) is 19.2 Å². The molecule has 0 atom stereocenters. The lowest BCUT2D eigenvalue weighted by Gasteiger charge is -2.20. The van der Waals surface area contributed by atoms with Gasteiger partial charge in [-0.05, 0) is 79.7 Å². The second-order valence-corrected chi connectivity index (χ2v) is 8.73. The third kappa shape index (κ3) is 9.14. The first kappa shape index (κ1) is 34.2. The van der Waals surface area contributed by atoms with E-state index in [1.165, 1.54) is 0 Å². The minimum atomic E-state index is -0.135. The van der Waals surface area contributed by atoms with Crippen molar-refractivity contribution in [3.8, 4) is 0 Å². The highest BCUT2D eigenvalue weighted by Crippen LogP contribution is 2.08. The molecule has 2 rings (SSSR count). The van der Waals surface area contributed by atoms with E-state index in [0.29, 0.717) is 75.1 Å². The Bertz CT molecular complexity index is 941. The minimum Gasteiger partial charge on any atom is -0.338 e. The molecule has 40 heavy (non-hydrogen) atoms. The van der Waals surface area contributed by atoms with Crippen molar-refractivity contribution in [1.82, 2.24) is 29.6 Å². The van der Waals surface area contributed by atoms with E-state index in [4.69, 9.17) is 0 Å². The van der Waals surface area contributed by atoms with Gasteiger partial charge in [-0.15, -0.1) is 0 Å². The largest absolute Gasteiger partial charge is 0.338 e. The molecule has 0 aromatic carbocycles. The highest BCUT2D eigenvalue weighted by molar-refractivity contribution is 5.97. The molecule has 0 radical (unpaired) electrons. The van der Waals surface area contributed by atoms with Crippen LogP contribution in [0, 0.1) is 0 Å². The quantitative estimate of drug-likeness (QED) is 0.391. The lowest BCUT2D eigenvalue weighted by atomic mass is 10.2. The van der Waals surface area contributed by atoms with Gasteiger partial charge >= 0.3 is 0 Å². The van der Waals surface area contributed by atoms with Crippen molar-refractivity contribution in [3.05, 3.63) is 59.2 Å². The number of rotatable bonds is 12. The van der Waals surface area contributed by atoms with Crippen molar-refractivity contribution in [2.45, 2.75) is 55.4 Å². The minimum absolute atomic E-state index is 0.135. The van der Waals surface area contributed by atoms with E-state index in [1.807, 2.05) is 55.4 Å². The van der Waals surface area contributed by atoms with Crippen LogP contribution in [0.4, 0.5) is 0 Å². The number of hydrogen-bond acceptors (Lipinski definition) is 6. The number of carbonyl (C=O) groups excluding carboxylic acids is 4. The number of aromatic nitrogens is 2. The van der Waals surface area contributed by atoms with Gasteiger partial charge in [0.2, 0.25) is 0 Å². The van der Waals surface area contributed by atoms with Crippen molar-refractivity contribution in [2.24, 2.45) is 0 Å². The molecule has 2 aromatic rings. The Balaban J connectivity index is 0.000000400. The maximum Gasteiger partial charge on any atom is 0.272 e. The second-order valence-electron chi connectivity index (χ2n) is 8.73. The first-order chi connectivity index (χ1) is 19.2. The van der Waals surface area contributed by atoms with Gasteiger partial charge in [0, 0.05) is 52.4 Å². The molecule has 0 aliphatic carbocycles. The van der Waals surface area contributed by atoms with Gasteiger partial charge in [0.25, 0.3) is 23.6 Å². The molecule has 0 N–H and O–H groups in total. The molecule has 10 heteroatoms. The maximum absolute atomic E-state index is 12.2. The third-order valence-electron chi connectivity index (χ3n) is 6.58. The summed E-state index contributed by atoms with van der Waals surface area (Å²) >= 11 is 0. The Morgan fingerprint density at radius 2 is 0.600 bits per heavy atom. The fourth-order valence-electron chi connectivity index (χ4n) is 4.04. The molecular weight excluding hydrogens is 508 g/mol. The van der Waals surface area contributed by atoms with Crippen molar-refractivity contribution in [1.29, 1.82) is 0 Å². The summed E-state index contributed by atoms with van der Waals surface area (Å²) in [6, 6.07) is 10.0. The van der Waals surface area contributed by atoms with Crippen LogP contribution in [0.3, 0.4) is 0 Å². The number of nitrogens with zero attached hydrogens (tertiary/aromatic N) is 6. The van der Waals surface area contributed by atoms with Crippen LogP contribution < -0.4 is 0 Å². The Kier molecular flexibility index (Phi) is 15.1. The lowest BCUT2D eigenvalue weighted by molar-refractivity contribution is 0.0744. The van der Waals surface area contributed by atoms with Gasteiger partial charge in [-0.25, -0.2) is 9.97 Å².